The number of fused-ring (bicyclic) bond motifs is 3. The van der Waals surface area contributed by atoms with Crippen molar-refractivity contribution in [2.24, 2.45) is 5.92 Å². The average Bonchev–Trinajstić information content (AvgIpc) is 3.42. The van der Waals surface area contributed by atoms with E-state index in [0.29, 0.717) is 9.54 Å². The van der Waals surface area contributed by atoms with Crippen LogP contribution >= 0.6 is 0 Å². The van der Waals surface area contributed by atoms with Gasteiger partial charge < -0.3 is 24.8 Å². The van der Waals surface area contributed by atoms with Gasteiger partial charge in [0.1, 0.15) is 0 Å². The normalized spacial score (nSPS) is 15.7. The third-order valence-electron chi connectivity index (χ3n) is 9.67. The van der Waals surface area contributed by atoms with Gasteiger partial charge in [0.15, 0.2) is 0 Å². The van der Waals surface area contributed by atoms with Crippen LogP contribution in [0.2, 0.25) is 0 Å². The van der Waals surface area contributed by atoms with Gasteiger partial charge >= 0.3 is 269 Å². The molecule has 0 fully saturated rings. The predicted molar refractivity (Wildman–Crippen MR) is 183 cm³/mol. The molecular weight excluding hydrogens is 667 g/mol. The van der Waals surface area contributed by atoms with Crippen LogP contribution in [0, 0.1) is 5.92 Å². The van der Waals surface area contributed by atoms with E-state index in [1.807, 2.05) is 0 Å². The zero-order chi connectivity index (χ0) is 30.7. The van der Waals surface area contributed by atoms with E-state index in [-0.39, 0.29) is 35.6 Å². The van der Waals surface area contributed by atoms with Gasteiger partial charge in [-0.2, -0.15) is 0 Å². The summed E-state index contributed by atoms with van der Waals surface area (Å²) in [6.07, 6.45) is 2.53. The number of benzene rings is 4. The van der Waals surface area contributed by atoms with Crippen molar-refractivity contribution in [3.8, 4) is 11.1 Å². The van der Waals surface area contributed by atoms with Gasteiger partial charge in [-0.1, -0.05) is 0 Å². The van der Waals surface area contributed by atoms with Crippen LogP contribution in [-0.4, -0.2) is 3.21 Å². The van der Waals surface area contributed by atoms with E-state index in [2.05, 4.69) is 165 Å². The topological polar surface area (TPSA) is 0 Å². The molecule has 0 spiro atoms. The molecule has 45 heavy (non-hydrogen) atoms. The summed E-state index contributed by atoms with van der Waals surface area (Å²) in [4.78, 5) is 0. The fourth-order valence-electron chi connectivity index (χ4n) is 7.20. The van der Waals surface area contributed by atoms with Crippen LogP contribution in [-0.2, 0) is 32.1 Å². The summed E-state index contributed by atoms with van der Waals surface area (Å²) in [6, 6.07) is 37.6. The van der Waals surface area contributed by atoms with Crippen LogP contribution in [0.3, 0.4) is 0 Å². The number of hydrogen-bond acceptors (Lipinski definition) is 0. The minimum atomic E-state index is -2.78. The molecule has 0 N–H and O–H groups in total. The molecule has 0 bridgehead atoms. The molecule has 0 radical (unpaired) electrons. The SMILES string of the molecule is CC1=CC(C)[C]([Zr+2](=[C](c2ccccc2)c2ccccc2)[CH]2c3ccc(C(C)(C)C)cc3-c3cc(C(C)(C)C)ccc32)=C1C.[Cl-].[Cl-]. The van der Waals surface area contributed by atoms with Crippen LogP contribution in [0.1, 0.15) is 99.3 Å². The molecule has 0 nitrogen and oxygen atoms in total. The Labute approximate surface area is 292 Å². The van der Waals surface area contributed by atoms with Gasteiger partial charge in [0.2, 0.25) is 0 Å². The number of hydrogen-bond donors (Lipinski definition) is 0. The molecule has 1 atom stereocenters. The second-order valence-corrected chi connectivity index (χ2v) is 20.7. The molecule has 3 heteroatoms. The van der Waals surface area contributed by atoms with Crippen molar-refractivity contribution in [2.75, 3.05) is 0 Å². The van der Waals surface area contributed by atoms with Gasteiger partial charge in [-0.05, 0) is 0 Å². The van der Waals surface area contributed by atoms with Crippen molar-refractivity contribution >= 4 is 3.21 Å². The van der Waals surface area contributed by atoms with Gasteiger partial charge in [-0.25, -0.2) is 0 Å². The Morgan fingerprint density at radius 2 is 1.02 bits per heavy atom. The second kappa shape index (κ2) is 13.4. The summed E-state index contributed by atoms with van der Waals surface area (Å²) >= 11 is -2.78. The Morgan fingerprint density at radius 1 is 0.600 bits per heavy atom. The van der Waals surface area contributed by atoms with Crippen molar-refractivity contribution in [3.63, 3.8) is 0 Å². The fourth-order valence-corrected chi connectivity index (χ4v) is 17.3. The van der Waals surface area contributed by atoms with Gasteiger partial charge in [0.05, 0.1) is 0 Å². The van der Waals surface area contributed by atoms with E-state index in [9.17, 15) is 0 Å². The van der Waals surface area contributed by atoms with E-state index in [1.54, 1.807) is 23.2 Å². The average molecular weight is 713 g/mol. The number of rotatable bonds is 4. The Morgan fingerprint density at radius 3 is 1.38 bits per heavy atom. The largest absolute Gasteiger partial charge is 1.00 e. The maximum Gasteiger partial charge on any atom is -1.00 e. The molecule has 2 aliphatic carbocycles. The van der Waals surface area contributed by atoms with Crippen molar-refractivity contribution in [1.29, 1.82) is 0 Å². The Balaban J connectivity index is 0.00000230. The number of halogens is 2. The van der Waals surface area contributed by atoms with Gasteiger partial charge in [-0.3, -0.25) is 0 Å². The quantitative estimate of drug-likeness (QED) is 0.276. The fraction of sp³-hybridized carbons (Fsp3) is 0.310. The zero-order valence-corrected chi connectivity index (χ0v) is 32.2. The van der Waals surface area contributed by atoms with Crippen LogP contribution in [0.5, 0.6) is 0 Å². The van der Waals surface area contributed by atoms with E-state index >= 15 is 0 Å². The first-order valence-electron chi connectivity index (χ1n) is 15.9. The van der Waals surface area contributed by atoms with Crippen LogP contribution < -0.4 is 24.8 Å². The smallest absolute Gasteiger partial charge is 1.00 e. The molecule has 4 aromatic rings. The molecule has 0 amide bonds. The minimum Gasteiger partial charge on any atom is -1.00 e. The summed E-state index contributed by atoms with van der Waals surface area (Å²) in [5, 5.41) is 0. The summed E-state index contributed by atoms with van der Waals surface area (Å²) in [6.45, 7) is 21.2. The Hall–Kier alpha value is -2.31. The predicted octanol–water partition coefficient (Wildman–Crippen LogP) is 5.12. The molecular formula is C42H46Cl2Zr. The maximum atomic E-state index is 2.54. The Bertz CT molecular complexity index is 1690. The summed E-state index contributed by atoms with van der Waals surface area (Å²) in [5.41, 5.74) is 14.9. The van der Waals surface area contributed by atoms with Gasteiger partial charge in [0.25, 0.3) is 0 Å². The molecule has 2 aliphatic rings. The molecule has 0 aromatic heterocycles. The molecule has 0 saturated carbocycles. The minimum absolute atomic E-state index is 0. The molecule has 0 saturated heterocycles. The zero-order valence-electron chi connectivity index (χ0n) is 28.2. The van der Waals surface area contributed by atoms with E-state index < -0.39 is 21.3 Å². The first-order valence-corrected chi connectivity index (χ1v) is 19.8. The molecule has 0 heterocycles. The van der Waals surface area contributed by atoms with Crippen molar-refractivity contribution in [3.05, 3.63) is 151 Å². The maximum absolute atomic E-state index is 2.78. The van der Waals surface area contributed by atoms with Crippen molar-refractivity contribution < 1.29 is 46.1 Å². The molecule has 6 rings (SSSR count). The number of allylic oxidation sites excluding steroid dienone is 4. The van der Waals surface area contributed by atoms with Crippen LogP contribution in [0.25, 0.3) is 11.1 Å². The third kappa shape index (κ3) is 6.61. The van der Waals surface area contributed by atoms with Crippen LogP contribution in [0.4, 0.5) is 0 Å². The second-order valence-electron chi connectivity index (χ2n) is 14.7. The Kier molecular flexibility index (Phi) is 10.6. The standard InChI is InChI=1S/C21H25.C13H10.C8H11.2ClH.Zr/c1-20(2,3)16-9-7-14-11-15-8-10-17(21(4,5)6)13-19(15)18(14)12-16;1-3-7-12(8-4-1)11-13-9-5-2-6-10-13;1-6-4-7(2)8(3)5-6;;;/h7-13H,1-6H3;1-10H;4,6H,1-3H3;2*1H;/q;;;;;+2/p-2. The van der Waals surface area contributed by atoms with E-state index in [4.69, 9.17) is 0 Å². The summed E-state index contributed by atoms with van der Waals surface area (Å²) < 4.78 is 3.79. The van der Waals surface area contributed by atoms with Crippen molar-refractivity contribution in [1.82, 2.24) is 0 Å². The summed E-state index contributed by atoms with van der Waals surface area (Å²) in [5.74, 6) is 0.465. The third-order valence-corrected chi connectivity index (χ3v) is 18.8. The van der Waals surface area contributed by atoms with Gasteiger partial charge in [0, 0.05) is 0 Å². The molecule has 1 unspecified atom stereocenters. The first-order chi connectivity index (χ1) is 20.4. The van der Waals surface area contributed by atoms with E-state index in [1.165, 1.54) is 39.0 Å². The molecule has 4 aromatic carbocycles. The van der Waals surface area contributed by atoms with Crippen LogP contribution in [0.15, 0.2) is 118 Å². The monoisotopic (exact) mass is 710 g/mol. The first kappa shape index (κ1) is 35.5. The summed E-state index contributed by atoms with van der Waals surface area (Å²) in [7, 11) is 0. The van der Waals surface area contributed by atoms with E-state index in [0.717, 1.165) is 0 Å². The van der Waals surface area contributed by atoms with Gasteiger partial charge in [-0.15, -0.1) is 0 Å². The molecule has 0 aliphatic heterocycles. The van der Waals surface area contributed by atoms with Crippen molar-refractivity contribution in [2.45, 2.75) is 76.8 Å². The molecule has 232 valence electrons.